The van der Waals surface area contributed by atoms with E-state index in [9.17, 15) is 4.79 Å². The molecule has 2 heterocycles. The van der Waals surface area contributed by atoms with Crippen LogP contribution in [0.1, 0.15) is 17.3 Å². The molecule has 2 N–H and O–H groups in total. The van der Waals surface area contributed by atoms with E-state index in [2.05, 4.69) is 25.6 Å². The third-order valence-corrected chi connectivity index (χ3v) is 3.59. The van der Waals surface area contributed by atoms with Crippen LogP contribution in [0.15, 0.2) is 18.2 Å². The zero-order chi connectivity index (χ0) is 14.7. The first-order valence-corrected chi connectivity index (χ1v) is 7.14. The molecule has 1 fully saturated rings. The molecule has 7 heteroatoms. The van der Waals surface area contributed by atoms with Crippen molar-refractivity contribution in [1.82, 2.24) is 25.6 Å². The van der Waals surface area contributed by atoms with Crippen molar-refractivity contribution in [3.8, 4) is 0 Å². The molecule has 0 bridgehead atoms. The van der Waals surface area contributed by atoms with Gasteiger partial charge in [-0.1, -0.05) is 0 Å². The van der Waals surface area contributed by atoms with Crippen LogP contribution in [0.4, 0.5) is 0 Å². The molecule has 7 nitrogen and oxygen atoms in total. The van der Waals surface area contributed by atoms with E-state index < -0.39 is 0 Å². The SMILES string of the molecule is CC(CN1CCOCC1)NC(=O)c1ccc2n[nH]nc2c1. The Kier molecular flexibility index (Phi) is 4.12. The van der Waals surface area contributed by atoms with E-state index in [-0.39, 0.29) is 11.9 Å². The summed E-state index contributed by atoms with van der Waals surface area (Å²) in [5.74, 6) is -0.0827. The van der Waals surface area contributed by atoms with Gasteiger partial charge in [0.2, 0.25) is 0 Å². The molecule has 0 aliphatic carbocycles. The third kappa shape index (κ3) is 3.37. The van der Waals surface area contributed by atoms with Crippen molar-refractivity contribution < 1.29 is 9.53 Å². The number of carbonyl (C=O) groups excluding carboxylic acids is 1. The van der Waals surface area contributed by atoms with E-state index in [4.69, 9.17) is 4.74 Å². The molecule has 1 amide bonds. The summed E-state index contributed by atoms with van der Waals surface area (Å²) in [6, 6.07) is 5.39. The Labute approximate surface area is 122 Å². The number of aromatic amines is 1. The lowest BCUT2D eigenvalue weighted by Gasteiger charge is -2.29. The molecule has 0 spiro atoms. The van der Waals surface area contributed by atoms with Crippen LogP contribution >= 0.6 is 0 Å². The average molecular weight is 289 g/mol. The number of nitrogens with zero attached hydrogens (tertiary/aromatic N) is 3. The maximum atomic E-state index is 12.2. The molecule has 1 saturated heterocycles. The van der Waals surface area contributed by atoms with Crippen molar-refractivity contribution in [2.45, 2.75) is 13.0 Å². The van der Waals surface area contributed by atoms with Gasteiger partial charge in [-0.3, -0.25) is 9.69 Å². The molecular weight excluding hydrogens is 270 g/mol. The first-order chi connectivity index (χ1) is 10.2. The number of H-pyrrole nitrogens is 1. The molecule has 1 aromatic heterocycles. The zero-order valence-corrected chi connectivity index (χ0v) is 12.0. The Hall–Kier alpha value is -1.99. The number of amides is 1. The monoisotopic (exact) mass is 289 g/mol. The molecular formula is C14H19N5O2. The summed E-state index contributed by atoms with van der Waals surface area (Å²) in [5.41, 5.74) is 2.06. The Balaban J connectivity index is 1.59. The lowest BCUT2D eigenvalue weighted by atomic mass is 10.1. The summed E-state index contributed by atoms with van der Waals surface area (Å²) in [6.07, 6.45) is 0. The van der Waals surface area contributed by atoms with Crippen LogP contribution in [-0.2, 0) is 4.74 Å². The molecule has 21 heavy (non-hydrogen) atoms. The second-order valence-electron chi connectivity index (χ2n) is 5.31. The number of morpholine rings is 1. The molecule has 0 saturated carbocycles. The summed E-state index contributed by atoms with van der Waals surface area (Å²) in [6.45, 7) is 6.23. The molecule has 1 aliphatic rings. The lowest BCUT2D eigenvalue weighted by Crippen LogP contribution is -2.46. The minimum Gasteiger partial charge on any atom is -0.379 e. The molecule has 112 valence electrons. The van der Waals surface area contributed by atoms with Gasteiger partial charge in [-0.25, -0.2) is 0 Å². The second kappa shape index (κ2) is 6.19. The minimum atomic E-state index is -0.0827. The van der Waals surface area contributed by atoms with E-state index in [0.29, 0.717) is 11.1 Å². The van der Waals surface area contributed by atoms with Crippen LogP contribution in [0.2, 0.25) is 0 Å². The first kappa shape index (κ1) is 14.0. The molecule has 2 aromatic rings. The van der Waals surface area contributed by atoms with Gasteiger partial charge >= 0.3 is 0 Å². The van der Waals surface area contributed by atoms with Gasteiger partial charge in [-0.05, 0) is 25.1 Å². The van der Waals surface area contributed by atoms with Gasteiger partial charge in [0.05, 0.1) is 13.2 Å². The van der Waals surface area contributed by atoms with Crippen LogP contribution in [-0.4, -0.2) is 65.1 Å². The summed E-state index contributed by atoms with van der Waals surface area (Å²) < 4.78 is 5.32. The van der Waals surface area contributed by atoms with E-state index in [1.807, 2.05) is 6.92 Å². The van der Waals surface area contributed by atoms with Crippen LogP contribution in [0.3, 0.4) is 0 Å². The summed E-state index contributed by atoms with van der Waals surface area (Å²) in [5, 5.41) is 13.5. The number of aromatic nitrogens is 3. The molecule has 1 aliphatic heterocycles. The average Bonchev–Trinajstić information content (AvgIpc) is 2.95. The van der Waals surface area contributed by atoms with Crippen LogP contribution in [0.25, 0.3) is 11.0 Å². The van der Waals surface area contributed by atoms with Gasteiger partial charge in [0, 0.05) is 31.2 Å². The Bertz CT molecular complexity index is 621. The highest BCUT2D eigenvalue weighted by molar-refractivity contribution is 5.97. The van der Waals surface area contributed by atoms with Crippen LogP contribution in [0.5, 0.6) is 0 Å². The van der Waals surface area contributed by atoms with Crippen molar-refractivity contribution in [1.29, 1.82) is 0 Å². The topological polar surface area (TPSA) is 83.1 Å². The number of hydrogen-bond acceptors (Lipinski definition) is 5. The number of nitrogens with one attached hydrogen (secondary N) is 2. The third-order valence-electron chi connectivity index (χ3n) is 3.59. The van der Waals surface area contributed by atoms with Gasteiger partial charge in [0.15, 0.2) is 0 Å². The lowest BCUT2D eigenvalue weighted by molar-refractivity contribution is 0.0342. The maximum absolute atomic E-state index is 12.2. The smallest absolute Gasteiger partial charge is 0.251 e. The number of hydrogen-bond donors (Lipinski definition) is 2. The molecule has 0 radical (unpaired) electrons. The predicted molar refractivity (Wildman–Crippen MR) is 78.1 cm³/mol. The standard InChI is InChI=1S/C14H19N5O2/c1-10(9-19-4-6-21-7-5-19)15-14(20)11-2-3-12-13(8-11)17-18-16-12/h2-3,8,10H,4-7,9H2,1H3,(H,15,20)(H,16,17,18). The number of ether oxygens (including phenoxy) is 1. The van der Waals surface area contributed by atoms with Gasteiger partial charge in [0.25, 0.3) is 5.91 Å². The van der Waals surface area contributed by atoms with Crippen molar-refractivity contribution in [2.75, 3.05) is 32.8 Å². The normalized spacial score (nSPS) is 17.8. The van der Waals surface area contributed by atoms with Gasteiger partial charge < -0.3 is 10.1 Å². The number of rotatable bonds is 4. The fraction of sp³-hybridized carbons (Fsp3) is 0.500. The second-order valence-corrected chi connectivity index (χ2v) is 5.31. The number of benzene rings is 1. The van der Waals surface area contributed by atoms with Crippen molar-refractivity contribution in [3.05, 3.63) is 23.8 Å². The quantitative estimate of drug-likeness (QED) is 0.851. The predicted octanol–water partition coefficient (Wildman–Crippen LogP) is 0.408. The summed E-state index contributed by atoms with van der Waals surface area (Å²) >= 11 is 0. The van der Waals surface area contributed by atoms with E-state index in [0.717, 1.165) is 38.4 Å². The molecule has 1 unspecified atom stereocenters. The van der Waals surface area contributed by atoms with Gasteiger partial charge in [-0.2, -0.15) is 15.4 Å². The Morgan fingerprint density at radius 2 is 2.14 bits per heavy atom. The number of fused-ring (bicyclic) bond motifs is 1. The Morgan fingerprint density at radius 3 is 2.95 bits per heavy atom. The van der Waals surface area contributed by atoms with E-state index >= 15 is 0 Å². The zero-order valence-electron chi connectivity index (χ0n) is 12.0. The number of carbonyl (C=O) groups is 1. The van der Waals surface area contributed by atoms with Crippen molar-refractivity contribution >= 4 is 16.9 Å². The van der Waals surface area contributed by atoms with Crippen molar-refractivity contribution in [3.63, 3.8) is 0 Å². The maximum Gasteiger partial charge on any atom is 0.251 e. The van der Waals surface area contributed by atoms with E-state index in [1.165, 1.54) is 0 Å². The highest BCUT2D eigenvalue weighted by Crippen LogP contribution is 2.10. The molecule has 1 atom stereocenters. The minimum absolute atomic E-state index is 0.0827. The highest BCUT2D eigenvalue weighted by Gasteiger charge is 2.16. The van der Waals surface area contributed by atoms with Gasteiger partial charge in [-0.15, -0.1) is 0 Å². The Morgan fingerprint density at radius 1 is 1.38 bits per heavy atom. The molecule has 3 rings (SSSR count). The summed E-state index contributed by atoms with van der Waals surface area (Å²) in [7, 11) is 0. The fourth-order valence-electron chi connectivity index (χ4n) is 2.51. The van der Waals surface area contributed by atoms with Crippen molar-refractivity contribution in [2.24, 2.45) is 0 Å². The fourth-order valence-corrected chi connectivity index (χ4v) is 2.51. The largest absolute Gasteiger partial charge is 0.379 e. The van der Waals surface area contributed by atoms with E-state index in [1.54, 1.807) is 18.2 Å². The van der Waals surface area contributed by atoms with Crippen LogP contribution in [0, 0.1) is 0 Å². The highest BCUT2D eigenvalue weighted by atomic mass is 16.5. The van der Waals surface area contributed by atoms with Gasteiger partial charge in [0.1, 0.15) is 11.0 Å². The molecule has 1 aromatic carbocycles. The van der Waals surface area contributed by atoms with Crippen LogP contribution < -0.4 is 5.32 Å². The first-order valence-electron chi connectivity index (χ1n) is 7.14. The summed E-state index contributed by atoms with van der Waals surface area (Å²) in [4.78, 5) is 14.6.